The van der Waals surface area contributed by atoms with E-state index in [1.54, 1.807) is 20.1 Å². The molecule has 2 aromatic rings. The molecule has 1 atom stereocenters. The fourth-order valence-electron chi connectivity index (χ4n) is 2.41. The Morgan fingerprint density at radius 1 is 1.25 bits per heavy atom. The van der Waals surface area contributed by atoms with E-state index in [1.807, 2.05) is 36.6 Å². The van der Waals surface area contributed by atoms with Crippen LogP contribution in [0.2, 0.25) is 0 Å². The monoisotopic (exact) mass is 347 g/mol. The minimum absolute atomic E-state index is 0.0460. The first kappa shape index (κ1) is 18.0. The van der Waals surface area contributed by atoms with Gasteiger partial charge in [0.15, 0.2) is 0 Å². The minimum Gasteiger partial charge on any atom is -0.496 e. The molecule has 5 nitrogen and oxygen atoms in total. The Hall–Kier alpha value is -2.34. The van der Waals surface area contributed by atoms with Crippen molar-refractivity contribution in [3.63, 3.8) is 0 Å². The van der Waals surface area contributed by atoms with E-state index >= 15 is 0 Å². The van der Waals surface area contributed by atoms with Crippen LogP contribution in [0.1, 0.15) is 40.2 Å². The van der Waals surface area contributed by atoms with Crippen molar-refractivity contribution < 1.29 is 19.1 Å². The van der Waals surface area contributed by atoms with E-state index in [2.05, 4.69) is 5.32 Å². The molecule has 6 heteroatoms. The van der Waals surface area contributed by atoms with Crippen molar-refractivity contribution in [3.05, 3.63) is 51.7 Å². The van der Waals surface area contributed by atoms with E-state index in [-0.39, 0.29) is 18.3 Å². The molecule has 1 aromatic heterocycles. The summed E-state index contributed by atoms with van der Waals surface area (Å²) in [6, 6.07) is 8.70. The van der Waals surface area contributed by atoms with Gasteiger partial charge in [0, 0.05) is 5.56 Å². The van der Waals surface area contributed by atoms with Gasteiger partial charge in [-0.25, -0.2) is 0 Å². The summed E-state index contributed by atoms with van der Waals surface area (Å²) in [6.45, 7) is 3.94. The second kappa shape index (κ2) is 8.49. The van der Waals surface area contributed by atoms with E-state index < -0.39 is 6.04 Å². The number of thiophene rings is 1. The molecule has 2 rings (SSSR count). The summed E-state index contributed by atoms with van der Waals surface area (Å²) >= 11 is 1.37. The maximum Gasteiger partial charge on any atom is 0.308 e. The summed E-state index contributed by atoms with van der Waals surface area (Å²) in [4.78, 5) is 25.1. The van der Waals surface area contributed by atoms with E-state index in [9.17, 15) is 9.59 Å². The molecule has 0 saturated heterocycles. The van der Waals surface area contributed by atoms with Gasteiger partial charge in [-0.3, -0.25) is 9.59 Å². The number of carbonyl (C=O) groups is 2. The summed E-state index contributed by atoms with van der Waals surface area (Å²) < 4.78 is 10.4. The Balaban J connectivity index is 2.27. The fourth-order valence-corrected chi connectivity index (χ4v) is 3.24. The molecule has 1 heterocycles. The molecule has 1 amide bonds. The van der Waals surface area contributed by atoms with Crippen LogP contribution in [0.15, 0.2) is 35.7 Å². The van der Waals surface area contributed by atoms with Crippen LogP contribution >= 0.6 is 11.3 Å². The van der Waals surface area contributed by atoms with E-state index in [0.29, 0.717) is 17.2 Å². The number of carbonyl (C=O) groups excluding carboxylic acids is 2. The highest BCUT2D eigenvalue weighted by Gasteiger charge is 2.23. The third-order valence-corrected chi connectivity index (χ3v) is 4.58. The molecule has 24 heavy (non-hydrogen) atoms. The zero-order chi connectivity index (χ0) is 17.5. The van der Waals surface area contributed by atoms with Gasteiger partial charge in [0.1, 0.15) is 5.75 Å². The van der Waals surface area contributed by atoms with E-state index in [0.717, 1.165) is 11.1 Å². The zero-order valence-corrected chi connectivity index (χ0v) is 14.8. The number of esters is 1. The molecule has 0 aliphatic heterocycles. The molecule has 1 aromatic carbocycles. The Bertz CT molecular complexity index is 711. The SMILES string of the molecule is CCOC(=O)CC(NC(=O)c1sccc1C)c1ccccc1OC. The number of methoxy groups -OCH3 is 1. The molecule has 0 spiro atoms. The molecule has 0 aliphatic rings. The van der Waals surface area contributed by atoms with Crippen LogP contribution in [0, 0.1) is 6.92 Å². The lowest BCUT2D eigenvalue weighted by Crippen LogP contribution is -2.30. The number of benzene rings is 1. The highest BCUT2D eigenvalue weighted by Crippen LogP contribution is 2.28. The van der Waals surface area contributed by atoms with E-state index in [4.69, 9.17) is 9.47 Å². The number of para-hydroxylation sites is 1. The minimum atomic E-state index is -0.519. The summed E-state index contributed by atoms with van der Waals surface area (Å²) in [7, 11) is 1.56. The van der Waals surface area contributed by atoms with Crippen LogP contribution in [-0.4, -0.2) is 25.6 Å². The topological polar surface area (TPSA) is 64.6 Å². The van der Waals surface area contributed by atoms with Gasteiger partial charge in [-0.2, -0.15) is 0 Å². The molecule has 0 aliphatic carbocycles. The van der Waals surface area contributed by atoms with Crippen molar-refractivity contribution in [1.29, 1.82) is 0 Å². The maximum absolute atomic E-state index is 12.6. The predicted molar refractivity (Wildman–Crippen MR) is 93.5 cm³/mol. The van der Waals surface area contributed by atoms with Gasteiger partial charge in [-0.15, -0.1) is 11.3 Å². The molecule has 0 fully saturated rings. The number of aryl methyl sites for hydroxylation is 1. The maximum atomic E-state index is 12.6. The largest absolute Gasteiger partial charge is 0.496 e. The second-order valence-corrected chi connectivity index (χ2v) is 6.13. The fraction of sp³-hybridized carbons (Fsp3) is 0.333. The number of ether oxygens (including phenoxy) is 2. The van der Waals surface area contributed by atoms with Crippen molar-refractivity contribution in [2.75, 3.05) is 13.7 Å². The van der Waals surface area contributed by atoms with Gasteiger partial charge >= 0.3 is 5.97 Å². The Morgan fingerprint density at radius 2 is 2.00 bits per heavy atom. The van der Waals surface area contributed by atoms with Gasteiger partial charge in [-0.05, 0) is 36.9 Å². The lowest BCUT2D eigenvalue weighted by Gasteiger charge is -2.20. The molecular weight excluding hydrogens is 326 g/mol. The first-order valence-electron chi connectivity index (χ1n) is 7.70. The number of hydrogen-bond donors (Lipinski definition) is 1. The lowest BCUT2D eigenvalue weighted by molar-refractivity contribution is -0.143. The predicted octanol–water partition coefficient (Wildman–Crippen LogP) is 3.49. The van der Waals surface area contributed by atoms with Crippen molar-refractivity contribution in [3.8, 4) is 5.75 Å². The summed E-state index contributed by atoms with van der Waals surface area (Å²) in [5, 5.41) is 4.80. The first-order valence-corrected chi connectivity index (χ1v) is 8.58. The molecule has 0 radical (unpaired) electrons. The summed E-state index contributed by atoms with van der Waals surface area (Å²) in [5.74, 6) is 0.0503. The van der Waals surface area contributed by atoms with Crippen LogP contribution in [0.5, 0.6) is 5.75 Å². The van der Waals surface area contributed by atoms with Gasteiger partial charge in [0.05, 0.1) is 31.1 Å². The average Bonchev–Trinajstić information content (AvgIpc) is 3.00. The van der Waals surface area contributed by atoms with Gasteiger partial charge in [0.2, 0.25) is 0 Å². The van der Waals surface area contributed by atoms with E-state index in [1.165, 1.54) is 11.3 Å². The Labute approximate surface area is 145 Å². The van der Waals surface area contributed by atoms with Crippen molar-refractivity contribution in [2.45, 2.75) is 26.3 Å². The molecular formula is C18H21NO4S. The number of amides is 1. The molecule has 0 bridgehead atoms. The Kier molecular flexibility index (Phi) is 6.37. The van der Waals surface area contributed by atoms with Crippen LogP contribution in [0.4, 0.5) is 0 Å². The molecule has 128 valence electrons. The molecule has 0 saturated carbocycles. The number of hydrogen-bond acceptors (Lipinski definition) is 5. The standard InChI is InChI=1S/C18H21NO4S/c1-4-23-16(20)11-14(13-7-5-6-8-15(13)22-3)19-18(21)17-12(2)9-10-24-17/h5-10,14H,4,11H2,1-3H3,(H,19,21). The first-order chi connectivity index (χ1) is 11.6. The smallest absolute Gasteiger partial charge is 0.308 e. The van der Waals surface area contributed by atoms with Crippen LogP contribution in [0.25, 0.3) is 0 Å². The highest BCUT2D eigenvalue weighted by atomic mass is 32.1. The zero-order valence-electron chi connectivity index (χ0n) is 14.0. The van der Waals surface area contributed by atoms with Gasteiger partial charge in [0.25, 0.3) is 5.91 Å². The second-order valence-electron chi connectivity index (χ2n) is 5.21. The Morgan fingerprint density at radius 3 is 2.62 bits per heavy atom. The van der Waals surface area contributed by atoms with Gasteiger partial charge < -0.3 is 14.8 Å². The van der Waals surface area contributed by atoms with Crippen molar-refractivity contribution in [2.24, 2.45) is 0 Å². The third kappa shape index (κ3) is 4.35. The third-order valence-electron chi connectivity index (χ3n) is 3.56. The molecule has 1 N–H and O–H groups in total. The summed E-state index contributed by atoms with van der Waals surface area (Å²) in [5.41, 5.74) is 1.66. The normalized spacial score (nSPS) is 11.6. The van der Waals surface area contributed by atoms with Gasteiger partial charge in [-0.1, -0.05) is 18.2 Å². The van der Waals surface area contributed by atoms with Crippen LogP contribution < -0.4 is 10.1 Å². The quantitative estimate of drug-likeness (QED) is 0.779. The lowest BCUT2D eigenvalue weighted by atomic mass is 10.0. The van der Waals surface area contributed by atoms with Crippen LogP contribution in [-0.2, 0) is 9.53 Å². The summed E-state index contributed by atoms with van der Waals surface area (Å²) in [6.07, 6.45) is 0.0460. The number of nitrogens with one attached hydrogen (secondary N) is 1. The van der Waals surface area contributed by atoms with Crippen molar-refractivity contribution in [1.82, 2.24) is 5.32 Å². The average molecular weight is 347 g/mol. The van der Waals surface area contributed by atoms with Crippen LogP contribution in [0.3, 0.4) is 0 Å². The van der Waals surface area contributed by atoms with Crippen molar-refractivity contribution >= 4 is 23.2 Å². The number of rotatable bonds is 7. The highest BCUT2D eigenvalue weighted by molar-refractivity contribution is 7.12. The molecule has 1 unspecified atom stereocenters.